The lowest BCUT2D eigenvalue weighted by atomic mass is 9.73. The number of hydrogen-bond acceptors (Lipinski definition) is 2. The van der Waals surface area contributed by atoms with E-state index in [9.17, 15) is 5.11 Å². The minimum Gasteiger partial charge on any atom is -0.496 e. The van der Waals surface area contributed by atoms with E-state index in [0.29, 0.717) is 0 Å². The maximum atomic E-state index is 10.6. The van der Waals surface area contributed by atoms with Crippen LogP contribution in [0, 0.1) is 12.3 Å². The topological polar surface area (TPSA) is 29.5 Å². The summed E-state index contributed by atoms with van der Waals surface area (Å²) in [4.78, 5) is 0. The van der Waals surface area contributed by atoms with Crippen LogP contribution in [0.5, 0.6) is 5.75 Å². The van der Waals surface area contributed by atoms with Crippen molar-refractivity contribution in [1.29, 1.82) is 0 Å². The Balaban J connectivity index is 3.20. The van der Waals surface area contributed by atoms with Crippen LogP contribution in [0.4, 0.5) is 0 Å². The highest BCUT2D eigenvalue weighted by atomic mass is 16.5. The van der Waals surface area contributed by atoms with Crippen molar-refractivity contribution in [2.45, 2.75) is 40.2 Å². The first-order valence-electron chi connectivity index (χ1n) is 5.57. The second-order valence-electron chi connectivity index (χ2n) is 5.51. The fraction of sp³-hybridized carbons (Fsp3) is 0.571. The van der Waals surface area contributed by atoms with Gasteiger partial charge in [0.1, 0.15) is 5.75 Å². The maximum absolute atomic E-state index is 10.6. The number of rotatable bonds is 2. The first kappa shape index (κ1) is 13.0. The van der Waals surface area contributed by atoms with Crippen molar-refractivity contribution in [3.8, 4) is 5.75 Å². The zero-order chi connectivity index (χ0) is 12.6. The van der Waals surface area contributed by atoms with Crippen LogP contribution in [-0.4, -0.2) is 12.2 Å². The molecule has 2 nitrogen and oxygen atoms in total. The summed E-state index contributed by atoms with van der Waals surface area (Å²) in [5, 5.41) is 10.6. The third-order valence-corrected chi connectivity index (χ3v) is 3.42. The first-order chi connectivity index (χ1) is 7.20. The van der Waals surface area contributed by atoms with Crippen LogP contribution in [0.25, 0.3) is 0 Å². The van der Waals surface area contributed by atoms with E-state index in [1.54, 1.807) is 7.11 Å². The highest BCUT2D eigenvalue weighted by Gasteiger charge is 2.37. The Morgan fingerprint density at radius 3 is 2.06 bits per heavy atom. The van der Waals surface area contributed by atoms with Crippen LogP contribution >= 0.6 is 0 Å². The molecule has 1 unspecified atom stereocenters. The zero-order valence-electron chi connectivity index (χ0n) is 11.1. The quantitative estimate of drug-likeness (QED) is 0.832. The fourth-order valence-electron chi connectivity index (χ4n) is 1.61. The summed E-state index contributed by atoms with van der Waals surface area (Å²) >= 11 is 0. The summed E-state index contributed by atoms with van der Waals surface area (Å²) in [5.74, 6) is 0.855. The van der Waals surface area contributed by atoms with Gasteiger partial charge in [0, 0.05) is 0 Å². The molecule has 1 rings (SSSR count). The Bertz CT molecular complexity index is 373. The summed E-state index contributed by atoms with van der Waals surface area (Å²) in [6, 6.07) is 5.83. The van der Waals surface area contributed by atoms with Crippen LogP contribution in [0.15, 0.2) is 18.2 Å². The van der Waals surface area contributed by atoms with Crippen LogP contribution in [0.3, 0.4) is 0 Å². The zero-order valence-corrected chi connectivity index (χ0v) is 11.1. The normalized spacial score (nSPS) is 15.7. The number of hydrogen-bond donors (Lipinski definition) is 1. The molecular formula is C14H22O2. The van der Waals surface area contributed by atoms with Crippen molar-refractivity contribution in [3.63, 3.8) is 0 Å². The predicted molar refractivity (Wildman–Crippen MR) is 66.8 cm³/mol. The summed E-state index contributed by atoms with van der Waals surface area (Å²) in [7, 11) is 1.66. The highest BCUT2D eigenvalue weighted by Crippen LogP contribution is 2.39. The van der Waals surface area contributed by atoms with Crippen LogP contribution < -0.4 is 4.74 Å². The first-order valence-corrected chi connectivity index (χ1v) is 5.57. The average Bonchev–Trinajstić information content (AvgIpc) is 2.15. The van der Waals surface area contributed by atoms with Gasteiger partial charge < -0.3 is 9.84 Å². The standard InChI is InChI=1S/C14H22O2/c1-10-9-11(7-8-12(10)16-6)14(5,15)13(2,3)4/h7-9,15H,1-6H3. The minimum absolute atomic E-state index is 0.200. The largest absolute Gasteiger partial charge is 0.496 e. The lowest BCUT2D eigenvalue weighted by molar-refractivity contribution is -0.0470. The lowest BCUT2D eigenvalue weighted by Gasteiger charge is -2.37. The molecule has 0 fully saturated rings. The molecule has 0 aliphatic carbocycles. The van der Waals surface area contributed by atoms with Gasteiger partial charge in [-0.3, -0.25) is 0 Å². The molecule has 2 heteroatoms. The van der Waals surface area contributed by atoms with Gasteiger partial charge in [-0.2, -0.15) is 0 Å². The van der Waals surface area contributed by atoms with Gasteiger partial charge >= 0.3 is 0 Å². The molecule has 0 heterocycles. The Morgan fingerprint density at radius 1 is 1.12 bits per heavy atom. The third kappa shape index (κ3) is 2.22. The second-order valence-corrected chi connectivity index (χ2v) is 5.51. The molecule has 1 aromatic rings. The van der Waals surface area contributed by atoms with E-state index >= 15 is 0 Å². The molecule has 0 bridgehead atoms. The molecule has 0 aliphatic heterocycles. The molecule has 0 radical (unpaired) electrons. The summed E-state index contributed by atoms with van der Waals surface area (Å²) in [5.41, 5.74) is 0.931. The predicted octanol–water partition coefficient (Wildman–Crippen LogP) is 3.26. The number of methoxy groups -OCH3 is 1. The lowest BCUT2D eigenvalue weighted by Crippen LogP contribution is -2.36. The molecule has 0 amide bonds. The van der Waals surface area contributed by atoms with Crippen molar-refractivity contribution < 1.29 is 9.84 Å². The van der Waals surface area contributed by atoms with E-state index in [0.717, 1.165) is 16.9 Å². The number of aliphatic hydroxyl groups is 1. The van der Waals surface area contributed by atoms with Gasteiger partial charge in [-0.25, -0.2) is 0 Å². The maximum Gasteiger partial charge on any atom is 0.121 e. The van der Waals surface area contributed by atoms with E-state index in [1.165, 1.54) is 0 Å². The van der Waals surface area contributed by atoms with E-state index in [2.05, 4.69) is 0 Å². The molecule has 0 saturated heterocycles. The Morgan fingerprint density at radius 2 is 1.69 bits per heavy atom. The molecule has 1 aromatic carbocycles. The monoisotopic (exact) mass is 222 g/mol. The van der Waals surface area contributed by atoms with E-state index in [-0.39, 0.29) is 5.41 Å². The van der Waals surface area contributed by atoms with Gasteiger partial charge in [-0.05, 0) is 42.5 Å². The van der Waals surface area contributed by atoms with Crippen molar-refractivity contribution in [2.24, 2.45) is 5.41 Å². The SMILES string of the molecule is COc1ccc(C(C)(O)C(C)(C)C)cc1C. The molecule has 0 aliphatic rings. The van der Waals surface area contributed by atoms with E-state index < -0.39 is 5.60 Å². The van der Waals surface area contributed by atoms with Crippen LogP contribution in [0.2, 0.25) is 0 Å². The second kappa shape index (κ2) is 4.10. The average molecular weight is 222 g/mol. The van der Waals surface area contributed by atoms with Gasteiger partial charge in [0.2, 0.25) is 0 Å². The van der Waals surface area contributed by atoms with Gasteiger partial charge in [0.15, 0.2) is 0 Å². The molecule has 16 heavy (non-hydrogen) atoms. The Hall–Kier alpha value is -1.02. The Kier molecular flexibility index (Phi) is 3.34. The molecule has 90 valence electrons. The van der Waals surface area contributed by atoms with Crippen LogP contribution in [-0.2, 0) is 5.60 Å². The molecule has 0 aromatic heterocycles. The van der Waals surface area contributed by atoms with Crippen molar-refractivity contribution in [3.05, 3.63) is 29.3 Å². The van der Waals surface area contributed by atoms with Gasteiger partial charge in [0.25, 0.3) is 0 Å². The molecule has 1 N–H and O–H groups in total. The third-order valence-electron chi connectivity index (χ3n) is 3.42. The summed E-state index contributed by atoms with van der Waals surface area (Å²) in [6.07, 6.45) is 0. The van der Waals surface area contributed by atoms with Crippen molar-refractivity contribution in [1.82, 2.24) is 0 Å². The van der Waals surface area contributed by atoms with Gasteiger partial charge in [-0.1, -0.05) is 26.8 Å². The van der Waals surface area contributed by atoms with E-state index in [1.807, 2.05) is 52.8 Å². The molecular weight excluding hydrogens is 200 g/mol. The van der Waals surface area contributed by atoms with Gasteiger partial charge in [0.05, 0.1) is 12.7 Å². The summed E-state index contributed by atoms with van der Waals surface area (Å²) < 4.78 is 5.22. The van der Waals surface area contributed by atoms with Crippen LogP contribution in [0.1, 0.15) is 38.8 Å². The van der Waals surface area contributed by atoms with Gasteiger partial charge in [-0.15, -0.1) is 0 Å². The highest BCUT2D eigenvalue weighted by molar-refractivity contribution is 5.38. The number of aryl methyl sites for hydroxylation is 1. The van der Waals surface area contributed by atoms with Crippen molar-refractivity contribution in [2.75, 3.05) is 7.11 Å². The molecule has 1 atom stereocenters. The molecule has 0 spiro atoms. The minimum atomic E-state index is -0.843. The molecule has 0 saturated carbocycles. The number of benzene rings is 1. The number of ether oxygens (including phenoxy) is 1. The Labute approximate surface area is 98.3 Å². The summed E-state index contributed by atoms with van der Waals surface area (Å²) in [6.45, 7) is 9.95. The fourth-order valence-corrected chi connectivity index (χ4v) is 1.61. The van der Waals surface area contributed by atoms with E-state index in [4.69, 9.17) is 4.74 Å². The van der Waals surface area contributed by atoms with Crippen molar-refractivity contribution >= 4 is 0 Å². The smallest absolute Gasteiger partial charge is 0.121 e.